The fourth-order valence-electron chi connectivity index (χ4n) is 1.37. The Hall–Kier alpha value is -1.26. The van der Waals surface area contributed by atoms with E-state index in [1.807, 2.05) is 24.3 Å². The van der Waals surface area contributed by atoms with Gasteiger partial charge in [-0.1, -0.05) is 18.2 Å². The van der Waals surface area contributed by atoms with Gasteiger partial charge in [0.25, 0.3) is 0 Å². The minimum absolute atomic E-state index is 0.179. The molecule has 1 unspecified atom stereocenters. The van der Waals surface area contributed by atoms with E-state index in [1.54, 1.807) is 12.4 Å². The van der Waals surface area contributed by atoms with Crippen molar-refractivity contribution in [2.75, 3.05) is 0 Å². The van der Waals surface area contributed by atoms with Crippen molar-refractivity contribution in [3.05, 3.63) is 42.2 Å². The Kier molecular flexibility index (Phi) is 2.56. The second kappa shape index (κ2) is 3.86. The largest absolute Gasteiger partial charge is 0.306 e. The SMILES string of the molecule is O=S(O)Cc1ccc2cnccc2c1. The smallest absolute Gasteiger partial charge is 0.157 e. The van der Waals surface area contributed by atoms with Crippen LogP contribution in [0.4, 0.5) is 0 Å². The van der Waals surface area contributed by atoms with E-state index in [4.69, 9.17) is 4.55 Å². The molecule has 0 bridgehead atoms. The molecule has 0 saturated heterocycles. The molecule has 0 radical (unpaired) electrons. The zero-order chi connectivity index (χ0) is 9.97. The highest BCUT2D eigenvalue weighted by atomic mass is 32.2. The normalized spacial score (nSPS) is 12.9. The molecule has 0 fully saturated rings. The molecule has 0 saturated carbocycles. The number of nitrogens with zero attached hydrogens (tertiary/aromatic N) is 1. The van der Waals surface area contributed by atoms with Gasteiger partial charge in [0.2, 0.25) is 0 Å². The molecule has 2 aromatic rings. The molecule has 1 aromatic carbocycles. The van der Waals surface area contributed by atoms with Crippen LogP contribution in [0, 0.1) is 0 Å². The Morgan fingerprint density at radius 3 is 2.93 bits per heavy atom. The molecule has 0 aliphatic carbocycles. The van der Waals surface area contributed by atoms with E-state index in [1.165, 1.54) is 0 Å². The molecule has 1 N–H and O–H groups in total. The van der Waals surface area contributed by atoms with Gasteiger partial charge < -0.3 is 4.55 Å². The Morgan fingerprint density at radius 1 is 1.29 bits per heavy atom. The zero-order valence-corrected chi connectivity index (χ0v) is 8.20. The fourth-order valence-corrected chi connectivity index (χ4v) is 1.83. The van der Waals surface area contributed by atoms with Crippen LogP contribution in [-0.4, -0.2) is 13.7 Å². The second-order valence-corrected chi connectivity index (χ2v) is 3.95. The van der Waals surface area contributed by atoms with Crippen LogP contribution >= 0.6 is 0 Å². The fraction of sp³-hybridized carbons (Fsp3) is 0.100. The first-order valence-electron chi connectivity index (χ1n) is 4.16. The van der Waals surface area contributed by atoms with Gasteiger partial charge in [-0.3, -0.25) is 4.98 Å². The third-order valence-electron chi connectivity index (χ3n) is 2.00. The minimum atomic E-state index is -1.78. The zero-order valence-electron chi connectivity index (χ0n) is 7.38. The summed E-state index contributed by atoms with van der Waals surface area (Å²) in [7, 11) is 0. The topological polar surface area (TPSA) is 50.2 Å². The molecule has 72 valence electrons. The number of fused-ring (bicyclic) bond motifs is 1. The summed E-state index contributed by atoms with van der Waals surface area (Å²) in [6.45, 7) is 0. The highest BCUT2D eigenvalue weighted by molar-refractivity contribution is 7.78. The first-order chi connectivity index (χ1) is 6.75. The lowest BCUT2D eigenvalue weighted by Crippen LogP contribution is -1.92. The van der Waals surface area contributed by atoms with Crippen molar-refractivity contribution < 1.29 is 8.76 Å². The average molecular weight is 207 g/mol. The molecule has 0 aliphatic rings. The summed E-state index contributed by atoms with van der Waals surface area (Å²) in [4.78, 5) is 3.99. The highest BCUT2D eigenvalue weighted by Crippen LogP contribution is 2.15. The molecule has 0 spiro atoms. The average Bonchev–Trinajstić information content (AvgIpc) is 2.17. The number of hydrogen-bond donors (Lipinski definition) is 1. The summed E-state index contributed by atoms with van der Waals surface area (Å²) >= 11 is -1.78. The Balaban J connectivity index is 2.46. The maximum Gasteiger partial charge on any atom is 0.157 e. The molecule has 1 atom stereocenters. The van der Waals surface area contributed by atoms with Crippen molar-refractivity contribution in [2.45, 2.75) is 5.75 Å². The number of benzene rings is 1. The van der Waals surface area contributed by atoms with Gasteiger partial charge in [0.05, 0.1) is 5.75 Å². The second-order valence-electron chi connectivity index (χ2n) is 3.02. The molecular weight excluding hydrogens is 198 g/mol. The van der Waals surface area contributed by atoms with Crippen LogP contribution < -0.4 is 0 Å². The van der Waals surface area contributed by atoms with Crippen molar-refractivity contribution in [3.63, 3.8) is 0 Å². The van der Waals surface area contributed by atoms with Crippen molar-refractivity contribution >= 4 is 21.9 Å². The van der Waals surface area contributed by atoms with Crippen LogP contribution in [0.5, 0.6) is 0 Å². The van der Waals surface area contributed by atoms with Crippen LogP contribution in [0.1, 0.15) is 5.56 Å². The van der Waals surface area contributed by atoms with Crippen LogP contribution in [0.2, 0.25) is 0 Å². The number of pyridine rings is 1. The maximum absolute atomic E-state index is 10.6. The van der Waals surface area contributed by atoms with Crippen molar-refractivity contribution in [2.24, 2.45) is 0 Å². The van der Waals surface area contributed by atoms with Gasteiger partial charge in [-0.2, -0.15) is 0 Å². The summed E-state index contributed by atoms with van der Waals surface area (Å²) in [5.74, 6) is 0.179. The lowest BCUT2D eigenvalue weighted by atomic mass is 10.1. The molecule has 0 amide bonds. The predicted molar refractivity (Wildman–Crippen MR) is 56.2 cm³/mol. The minimum Gasteiger partial charge on any atom is -0.306 e. The van der Waals surface area contributed by atoms with E-state index in [2.05, 4.69) is 4.98 Å². The van der Waals surface area contributed by atoms with Crippen LogP contribution in [0.15, 0.2) is 36.7 Å². The molecule has 4 heteroatoms. The van der Waals surface area contributed by atoms with Crippen LogP contribution in [0.25, 0.3) is 10.8 Å². The van der Waals surface area contributed by atoms with Crippen LogP contribution in [0.3, 0.4) is 0 Å². The third-order valence-corrected chi connectivity index (χ3v) is 2.58. The summed E-state index contributed by atoms with van der Waals surface area (Å²) < 4.78 is 19.3. The molecule has 1 heterocycles. The molecule has 3 nitrogen and oxygen atoms in total. The quantitative estimate of drug-likeness (QED) is 0.766. The van der Waals surface area contributed by atoms with Gasteiger partial charge in [0.1, 0.15) is 0 Å². The number of aromatic nitrogens is 1. The Labute approximate surface area is 84.1 Å². The predicted octanol–water partition coefficient (Wildman–Crippen LogP) is 1.96. The van der Waals surface area contributed by atoms with Crippen molar-refractivity contribution in [1.82, 2.24) is 4.98 Å². The summed E-state index contributed by atoms with van der Waals surface area (Å²) in [5, 5.41) is 2.09. The monoisotopic (exact) mass is 207 g/mol. The first kappa shape index (κ1) is 9.30. The molecule has 0 aliphatic heterocycles. The Bertz CT molecular complexity index is 484. The van der Waals surface area contributed by atoms with E-state index in [0.29, 0.717) is 0 Å². The number of hydrogen-bond acceptors (Lipinski definition) is 2. The van der Waals surface area contributed by atoms with Gasteiger partial charge in [-0.25, -0.2) is 4.21 Å². The van der Waals surface area contributed by atoms with E-state index in [-0.39, 0.29) is 5.75 Å². The molecule has 2 rings (SSSR count). The third kappa shape index (κ3) is 1.97. The van der Waals surface area contributed by atoms with E-state index in [9.17, 15) is 4.21 Å². The first-order valence-corrected chi connectivity index (χ1v) is 5.43. The number of rotatable bonds is 2. The lowest BCUT2D eigenvalue weighted by molar-refractivity contribution is 0.563. The van der Waals surface area contributed by atoms with Gasteiger partial charge in [-0.05, 0) is 17.0 Å². The maximum atomic E-state index is 10.6. The Morgan fingerprint density at radius 2 is 2.14 bits per heavy atom. The standard InChI is InChI=1S/C10H9NO2S/c12-14(13)7-8-1-2-10-6-11-4-3-9(10)5-8/h1-6H,7H2,(H,12,13). The van der Waals surface area contributed by atoms with E-state index in [0.717, 1.165) is 16.3 Å². The van der Waals surface area contributed by atoms with Crippen molar-refractivity contribution in [1.29, 1.82) is 0 Å². The van der Waals surface area contributed by atoms with Crippen LogP contribution in [-0.2, 0) is 16.8 Å². The van der Waals surface area contributed by atoms with Gasteiger partial charge >= 0.3 is 0 Å². The molecule has 1 aromatic heterocycles. The van der Waals surface area contributed by atoms with Gasteiger partial charge in [-0.15, -0.1) is 0 Å². The summed E-state index contributed by atoms with van der Waals surface area (Å²) in [6, 6.07) is 7.55. The van der Waals surface area contributed by atoms with E-state index >= 15 is 0 Å². The molecule has 14 heavy (non-hydrogen) atoms. The van der Waals surface area contributed by atoms with Gasteiger partial charge in [0, 0.05) is 17.8 Å². The molecular formula is C10H9NO2S. The van der Waals surface area contributed by atoms with Gasteiger partial charge in [0.15, 0.2) is 11.1 Å². The lowest BCUT2D eigenvalue weighted by Gasteiger charge is -2.00. The summed E-state index contributed by atoms with van der Waals surface area (Å²) in [5.41, 5.74) is 0.865. The van der Waals surface area contributed by atoms with E-state index < -0.39 is 11.1 Å². The highest BCUT2D eigenvalue weighted by Gasteiger charge is 1.99. The van der Waals surface area contributed by atoms with Crippen molar-refractivity contribution in [3.8, 4) is 0 Å². The summed E-state index contributed by atoms with van der Waals surface area (Å²) in [6.07, 6.45) is 3.48.